The molecular formula is C21H20N4O6S. The number of aliphatic hydroxyl groups excluding tert-OH is 3. The number of hydrogen-bond donors (Lipinski definition) is 3. The highest BCUT2D eigenvalue weighted by molar-refractivity contribution is 7.98. The number of benzene rings is 1. The van der Waals surface area contributed by atoms with Crippen LogP contribution in [0.5, 0.6) is 0 Å². The minimum atomic E-state index is -1.30. The smallest absolute Gasteiger partial charge is 0.340 e. The molecule has 0 amide bonds. The van der Waals surface area contributed by atoms with E-state index in [9.17, 15) is 20.1 Å². The number of thioether (sulfide) groups is 1. The third-order valence-electron chi connectivity index (χ3n) is 5.41. The van der Waals surface area contributed by atoms with Crippen LogP contribution in [0.2, 0.25) is 0 Å². The van der Waals surface area contributed by atoms with Crippen molar-refractivity contribution in [2.24, 2.45) is 0 Å². The fraction of sp³-hybridized carbons (Fsp3) is 0.333. The fourth-order valence-electron chi connectivity index (χ4n) is 3.78. The summed E-state index contributed by atoms with van der Waals surface area (Å²) in [5, 5.41) is 31.4. The predicted molar refractivity (Wildman–Crippen MR) is 115 cm³/mol. The molecule has 3 aromatic heterocycles. The third kappa shape index (κ3) is 3.57. The Labute approximate surface area is 185 Å². The zero-order chi connectivity index (χ0) is 22.4. The van der Waals surface area contributed by atoms with Crippen molar-refractivity contribution in [3.8, 4) is 0 Å². The van der Waals surface area contributed by atoms with Gasteiger partial charge in [0.1, 0.15) is 35.7 Å². The van der Waals surface area contributed by atoms with E-state index in [1.54, 1.807) is 16.7 Å². The molecule has 1 aliphatic rings. The van der Waals surface area contributed by atoms with E-state index in [0.29, 0.717) is 27.5 Å². The van der Waals surface area contributed by atoms with Crippen LogP contribution in [0, 0.1) is 6.92 Å². The Morgan fingerprint density at radius 2 is 2.06 bits per heavy atom. The first-order valence-electron chi connectivity index (χ1n) is 9.93. The lowest BCUT2D eigenvalue weighted by molar-refractivity contribution is -0.0548. The van der Waals surface area contributed by atoms with Crippen LogP contribution < -0.4 is 5.63 Å². The first-order chi connectivity index (χ1) is 15.5. The van der Waals surface area contributed by atoms with E-state index in [1.807, 2.05) is 19.1 Å². The van der Waals surface area contributed by atoms with E-state index in [-0.39, 0.29) is 5.75 Å². The molecule has 0 spiro atoms. The number of fused-ring (bicyclic) bond motifs is 2. The average molecular weight is 456 g/mol. The number of aryl methyl sites for hydroxylation is 1. The van der Waals surface area contributed by atoms with Crippen LogP contribution >= 0.6 is 11.8 Å². The van der Waals surface area contributed by atoms with Crippen molar-refractivity contribution in [3.63, 3.8) is 0 Å². The zero-order valence-corrected chi connectivity index (χ0v) is 17.8. The minimum Gasteiger partial charge on any atom is -0.423 e. The quantitative estimate of drug-likeness (QED) is 0.295. The summed E-state index contributed by atoms with van der Waals surface area (Å²) in [4.78, 5) is 25.2. The van der Waals surface area contributed by atoms with Crippen molar-refractivity contribution in [3.05, 3.63) is 58.3 Å². The second-order valence-corrected chi connectivity index (χ2v) is 8.56. The van der Waals surface area contributed by atoms with Gasteiger partial charge in [-0.15, -0.1) is 0 Å². The highest BCUT2D eigenvalue weighted by atomic mass is 32.2. The van der Waals surface area contributed by atoms with Gasteiger partial charge in [0, 0.05) is 16.7 Å². The lowest BCUT2D eigenvalue weighted by Crippen LogP contribution is -2.33. The van der Waals surface area contributed by atoms with Gasteiger partial charge >= 0.3 is 5.63 Å². The number of aromatic nitrogens is 4. The van der Waals surface area contributed by atoms with E-state index in [1.165, 1.54) is 24.3 Å². The summed E-state index contributed by atoms with van der Waals surface area (Å²) in [5.41, 5.74) is 2.45. The van der Waals surface area contributed by atoms with Crippen LogP contribution in [0.25, 0.3) is 22.1 Å². The largest absolute Gasteiger partial charge is 0.423 e. The molecule has 5 rings (SSSR count). The molecule has 32 heavy (non-hydrogen) atoms. The number of hydrogen-bond acceptors (Lipinski definition) is 10. The van der Waals surface area contributed by atoms with Crippen molar-refractivity contribution in [1.29, 1.82) is 0 Å². The number of rotatable bonds is 5. The summed E-state index contributed by atoms with van der Waals surface area (Å²) in [6, 6.07) is 7.38. The normalized spacial score (nSPS) is 23.4. The highest BCUT2D eigenvalue weighted by Crippen LogP contribution is 2.36. The first-order valence-corrected chi connectivity index (χ1v) is 10.9. The average Bonchev–Trinajstić information content (AvgIpc) is 3.29. The summed E-state index contributed by atoms with van der Waals surface area (Å²) in [6.07, 6.45) is -1.65. The molecule has 4 aromatic rings. The Hall–Kier alpha value is -2.83. The monoisotopic (exact) mass is 456 g/mol. The van der Waals surface area contributed by atoms with Crippen LogP contribution in [0.1, 0.15) is 17.4 Å². The molecule has 0 bridgehead atoms. The van der Waals surface area contributed by atoms with Gasteiger partial charge in [0.2, 0.25) is 0 Å². The third-order valence-corrected chi connectivity index (χ3v) is 6.41. The number of imidazole rings is 1. The topological polar surface area (TPSA) is 144 Å². The predicted octanol–water partition coefficient (Wildman–Crippen LogP) is 1.14. The molecule has 0 saturated carbocycles. The Morgan fingerprint density at radius 1 is 1.22 bits per heavy atom. The zero-order valence-electron chi connectivity index (χ0n) is 17.0. The molecule has 166 valence electrons. The van der Waals surface area contributed by atoms with E-state index < -0.39 is 36.8 Å². The van der Waals surface area contributed by atoms with Gasteiger partial charge in [-0.1, -0.05) is 23.4 Å². The molecule has 0 aliphatic carbocycles. The van der Waals surface area contributed by atoms with Gasteiger partial charge in [-0.2, -0.15) is 0 Å². The van der Waals surface area contributed by atoms with Gasteiger partial charge in [0.25, 0.3) is 0 Å². The second-order valence-electron chi connectivity index (χ2n) is 7.61. The van der Waals surface area contributed by atoms with Gasteiger partial charge in [0.05, 0.1) is 12.8 Å². The molecule has 3 N–H and O–H groups in total. The Bertz CT molecular complexity index is 1360. The molecule has 10 nitrogen and oxygen atoms in total. The van der Waals surface area contributed by atoms with Crippen LogP contribution in [0.3, 0.4) is 0 Å². The molecule has 1 fully saturated rings. The molecule has 0 unspecified atom stereocenters. The minimum absolute atomic E-state index is 0.248. The van der Waals surface area contributed by atoms with Gasteiger partial charge < -0.3 is 24.5 Å². The second kappa shape index (κ2) is 8.26. The summed E-state index contributed by atoms with van der Waals surface area (Å²) < 4.78 is 12.7. The van der Waals surface area contributed by atoms with E-state index in [2.05, 4.69) is 15.0 Å². The van der Waals surface area contributed by atoms with Crippen LogP contribution in [0.15, 0.2) is 51.2 Å². The molecule has 1 aliphatic heterocycles. The molecule has 4 atom stereocenters. The van der Waals surface area contributed by atoms with E-state index in [0.717, 1.165) is 10.9 Å². The highest BCUT2D eigenvalue weighted by Gasteiger charge is 2.44. The van der Waals surface area contributed by atoms with Crippen molar-refractivity contribution in [1.82, 2.24) is 19.5 Å². The molecule has 11 heteroatoms. The molecule has 1 saturated heterocycles. The number of ether oxygens (including phenoxy) is 1. The summed E-state index contributed by atoms with van der Waals surface area (Å²) in [7, 11) is 0. The molecule has 1 aromatic carbocycles. The summed E-state index contributed by atoms with van der Waals surface area (Å²) in [6.45, 7) is 1.51. The lowest BCUT2D eigenvalue weighted by Gasteiger charge is -2.19. The van der Waals surface area contributed by atoms with Crippen LogP contribution in [-0.4, -0.2) is 59.8 Å². The maximum Gasteiger partial charge on any atom is 0.340 e. The Morgan fingerprint density at radius 3 is 2.84 bits per heavy atom. The maximum absolute atomic E-state index is 12.5. The molecule has 4 heterocycles. The van der Waals surface area contributed by atoms with Gasteiger partial charge in [-0.25, -0.2) is 19.7 Å². The molecular weight excluding hydrogens is 436 g/mol. The van der Waals surface area contributed by atoms with E-state index >= 15 is 0 Å². The van der Waals surface area contributed by atoms with Crippen LogP contribution in [-0.2, 0) is 10.5 Å². The maximum atomic E-state index is 12.5. The standard InChI is InChI=1S/C21H20N4O6S/c1-10-2-3-14-11(4-10)5-12(20(29)31-14)8-32-21-24-13-6-22-9-23-18(13)25(21)19-17(28)16(27)15(7-26)30-19/h2-6,9,15-17,19,26-28H,7-8H2,1H3/t15-,16-,17-,19-/m1/s1. The van der Waals surface area contributed by atoms with Gasteiger partial charge in [-0.3, -0.25) is 4.57 Å². The van der Waals surface area contributed by atoms with Crippen molar-refractivity contribution in [2.75, 3.05) is 6.61 Å². The molecule has 0 radical (unpaired) electrons. The Kier molecular flexibility index (Phi) is 5.43. The van der Waals surface area contributed by atoms with Crippen LogP contribution in [0.4, 0.5) is 0 Å². The van der Waals surface area contributed by atoms with E-state index in [4.69, 9.17) is 9.15 Å². The SMILES string of the molecule is Cc1ccc2oc(=O)c(CSc3nc4cncnc4n3[C@@H]3O[C@H](CO)[C@@H](O)[C@H]3O)cc2c1. The fourth-order valence-corrected chi connectivity index (χ4v) is 4.76. The van der Waals surface area contributed by atoms with Crippen molar-refractivity contribution < 1.29 is 24.5 Å². The number of aliphatic hydroxyl groups is 3. The summed E-state index contributed by atoms with van der Waals surface area (Å²) in [5.74, 6) is 0.248. The van der Waals surface area contributed by atoms with Gasteiger partial charge in [-0.05, 0) is 25.1 Å². The lowest BCUT2D eigenvalue weighted by atomic mass is 10.1. The Balaban J connectivity index is 1.52. The van der Waals surface area contributed by atoms with Crippen molar-refractivity contribution in [2.45, 2.75) is 42.4 Å². The number of nitrogens with zero attached hydrogens (tertiary/aromatic N) is 4. The summed E-state index contributed by atoms with van der Waals surface area (Å²) >= 11 is 1.24. The first kappa shape index (κ1) is 21.0. The van der Waals surface area contributed by atoms with Crippen molar-refractivity contribution >= 4 is 33.9 Å². The van der Waals surface area contributed by atoms with Gasteiger partial charge in [0.15, 0.2) is 17.0 Å².